The molecule has 1 aliphatic carbocycles. The molecule has 1 rings (SSSR count). The van der Waals surface area contributed by atoms with Crippen molar-refractivity contribution in [2.24, 2.45) is 5.92 Å². The predicted molar refractivity (Wildman–Crippen MR) is 58.4 cm³/mol. The Morgan fingerprint density at radius 3 is 2.58 bits per heavy atom. The predicted octanol–water partition coefficient (Wildman–Crippen LogP) is 1.32. The SMILES string of the molecule is O=C(COCC(F)(F)F)NC1CCCC(C(=O)O)C1. The van der Waals surface area contributed by atoms with Crippen LogP contribution in [-0.2, 0) is 14.3 Å². The normalized spacial score (nSPS) is 23.9. The molecule has 110 valence electrons. The molecule has 0 bridgehead atoms. The molecule has 0 aromatic rings. The van der Waals surface area contributed by atoms with Crippen LogP contribution in [0, 0.1) is 5.92 Å². The third kappa shape index (κ3) is 6.42. The van der Waals surface area contributed by atoms with E-state index in [1.807, 2.05) is 0 Å². The molecule has 0 saturated heterocycles. The van der Waals surface area contributed by atoms with Crippen LogP contribution in [0.2, 0.25) is 0 Å². The maximum Gasteiger partial charge on any atom is 0.411 e. The highest BCUT2D eigenvalue weighted by Gasteiger charge is 2.29. The van der Waals surface area contributed by atoms with Gasteiger partial charge in [-0.2, -0.15) is 13.2 Å². The van der Waals surface area contributed by atoms with Gasteiger partial charge in [0.2, 0.25) is 5.91 Å². The minimum atomic E-state index is -4.46. The van der Waals surface area contributed by atoms with Crippen molar-refractivity contribution in [3.05, 3.63) is 0 Å². The number of alkyl halides is 3. The van der Waals surface area contributed by atoms with E-state index in [0.29, 0.717) is 25.7 Å². The van der Waals surface area contributed by atoms with Gasteiger partial charge in [0.05, 0.1) is 5.92 Å². The number of rotatable bonds is 5. The third-order valence-corrected chi connectivity index (χ3v) is 2.89. The van der Waals surface area contributed by atoms with Gasteiger partial charge in [-0.25, -0.2) is 0 Å². The molecule has 1 saturated carbocycles. The number of halogens is 3. The largest absolute Gasteiger partial charge is 0.481 e. The van der Waals surface area contributed by atoms with E-state index in [1.54, 1.807) is 0 Å². The molecule has 1 aliphatic rings. The van der Waals surface area contributed by atoms with E-state index in [9.17, 15) is 22.8 Å². The molecule has 1 fully saturated rings. The Morgan fingerprint density at radius 1 is 1.32 bits per heavy atom. The molecule has 0 radical (unpaired) electrons. The number of amides is 1. The van der Waals surface area contributed by atoms with Crippen LogP contribution in [0.1, 0.15) is 25.7 Å². The standard InChI is InChI=1S/C11H16F3NO4/c12-11(13,14)6-19-5-9(16)15-8-3-1-2-7(4-8)10(17)18/h7-8H,1-6H2,(H,15,16)(H,17,18). The number of aliphatic carboxylic acids is 1. The Labute approximate surface area is 108 Å². The van der Waals surface area contributed by atoms with E-state index in [0.717, 1.165) is 0 Å². The molecular formula is C11H16F3NO4. The number of carboxylic acids is 1. The number of carbonyl (C=O) groups excluding carboxylic acids is 1. The fourth-order valence-corrected chi connectivity index (χ4v) is 2.07. The summed E-state index contributed by atoms with van der Waals surface area (Å²) in [6, 6.07) is -0.308. The molecule has 2 unspecified atom stereocenters. The smallest absolute Gasteiger partial charge is 0.411 e. The van der Waals surface area contributed by atoms with Gasteiger partial charge in [-0.15, -0.1) is 0 Å². The van der Waals surface area contributed by atoms with Crippen molar-refractivity contribution in [2.45, 2.75) is 37.9 Å². The molecule has 0 aromatic heterocycles. The summed E-state index contributed by atoms with van der Waals surface area (Å²) < 4.78 is 39.6. The number of hydrogen-bond acceptors (Lipinski definition) is 3. The fourth-order valence-electron chi connectivity index (χ4n) is 2.07. The van der Waals surface area contributed by atoms with Gasteiger partial charge < -0.3 is 15.2 Å². The van der Waals surface area contributed by atoms with Gasteiger partial charge in [-0.3, -0.25) is 9.59 Å². The van der Waals surface area contributed by atoms with Crippen molar-refractivity contribution in [3.8, 4) is 0 Å². The summed E-state index contributed by atoms with van der Waals surface area (Å²) in [7, 11) is 0. The van der Waals surface area contributed by atoms with Gasteiger partial charge in [0.15, 0.2) is 0 Å². The van der Waals surface area contributed by atoms with E-state index in [1.165, 1.54) is 0 Å². The van der Waals surface area contributed by atoms with Crippen LogP contribution in [-0.4, -0.2) is 42.4 Å². The van der Waals surface area contributed by atoms with Crippen molar-refractivity contribution in [2.75, 3.05) is 13.2 Å². The zero-order valence-corrected chi connectivity index (χ0v) is 10.2. The van der Waals surface area contributed by atoms with E-state index in [2.05, 4.69) is 10.1 Å². The second-order valence-corrected chi connectivity index (χ2v) is 4.57. The first kappa shape index (κ1) is 15.7. The molecular weight excluding hydrogens is 267 g/mol. The van der Waals surface area contributed by atoms with Crippen LogP contribution < -0.4 is 5.32 Å². The molecule has 2 N–H and O–H groups in total. The van der Waals surface area contributed by atoms with Crippen molar-refractivity contribution in [1.82, 2.24) is 5.32 Å². The average molecular weight is 283 g/mol. The Kier molecular flexibility index (Phi) is 5.59. The molecule has 0 spiro atoms. The summed E-state index contributed by atoms with van der Waals surface area (Å²) in [6.07, 6.45) is -2.29. The zero-order chi connectivity index (χ0) is 14.5. The van der Waals surface area contributed by atoms with Gasteiger partial charge in [-0.1, -0.05) is 6.42 Å². The summed E-state index contributed by atoms with van der Waals surface area (Å²) >= 11 is 0. The Hall–Kier alpha value is -1.31. The summed E-state index contributed by atoms with van der Waals surface area (Å²) in [5, 5.41) is 11.4. The molecule has 1 amide bonds. The highest BCUT2D eigenvalue weighted by molar-refractivity contribution is 5.77. The second kappa shape index (κ2) is 6.74. The summed E-state index contributed by atoms with van der Waals surface area (Å²) in [5.74, 6) is -2.07. The second-order valence-electron chi connectivity index (χ2n) is 4.57. The van der Waals surface area contributed by atoms with Crippen LogP contribution in [0.4, 0.5) is 13.2 Å². The van der Waals surface area contributed by atoms with Crippen molar-refractivity contribution >= 4 is 11.9 Å². The Balaban J connectivity index is 2.26. The lowest BCUT2D eigenvalue weighted by atomic mass is 9.86. The monoisotopic (exact) mass is 283 g/mol. The number of carboxylic acid groups (broad SMARTS) is 1. The fraction of sp³-hybridized carbons (Fsp3) is 0.818. The topological polar surface area (TPSA) is 75.6 Å². The Morgan fingerprint density at radius 2 is 2.00 bits per heavy atom. The average Bonchev–Trinajstić information content (AvgIpc) is 2.27. The molecule has 2 atom stereocenters. The molecule has 5 nitrogen and oxygen atoms in total. The number of nitrogens with one attached hydrogen (secondary N) is 1. The highest BCUT2D eigenvalue weighted by atomic mass is 19.4. The van der Waals surface area contributed by atoms with Crippen LogP contribution in [0.5, 0.6) is 0 Å². The molecule has 0 heterocycles. The quantitative estimate of drug-likeness (QED) is 0.798. The third-order valence-electron chi connectivity index (χ3n) is 2.89. The van der Waals surface area contributed by atoms with Crippen LogP contribution in [0.25, 0.3) is 0 Å². The summed E-state index contributed by atoms with van der Waals surface area (Å²) in [4.78, 5) is 22.1. The van der Waals surface area contributed by atoms with Gasteiger partial charge in [0.25, 0.3) is 0 Å². The minimum Gasteiger partial charge on any atom is -0.481 e. The van der Waals surface area contributed by atoms with Crippen molar-refractivity contribution in [1.29, 1.82) is 0 Å². The molecule has 0 aromatic carbocycles. The first-order chi connectivity index (χ1) is 8.78. The maximum absolute atomic E-state index is 11.8. The number of carbonyl (C=O) groups is 2. The van der Waals surface area contributed by atoms with Crippen molar-refractivity contribution in [3.63, 3.8) is 0 Å². The highest BCUT2D eigenvalue weighted by Crippen LogP contribution is 2.24. The van der Waals surface area contributed by atoms with Crippen molar-refractivity contribution < 1.29 is 32.6 Å². The first-order valence-electron chi connectivity index (χ1n) is 5.94. The summed E-state index contributed by atoms with van der Waals surface area (Å²) in [5.41, 5.74) is 0. The maximum atomic E-state index is 11.8. The number of ether oxygens (including phenoxy) is 1. The van der Waals surface area contributed by atoms with Crippen LogP contribution in [0.15, 0.2) is 0 Å². The van der Waals surface area contributed by atoms with Crippen LogP contribution in [0.3, 0.4) is 0 Å². The van der Waals surface area contributed by atoms with Gasteiger partial charge in [-0.05, 0) is 19.3 Å². The molecule has 19 heavy (non-hydrogen) atoms. The number of hydrogen-bond donors (Lipinski definition) is 2. The van der Waals surface area contributed by atoms with Gasteiger partial charge in [0, 0.05) is 6.04 Å². The minimum absolute atomic E-state index is 0.306. The molecule has 0 aliphatic heterocycles. The van der Waals surface area contributed by atoms with E-state index in [4.69, 9.17) is 5.11 Å². The van der Waals surface area contributed by atoms with E-state index in [-0.39, 0.29) is 6.04 Å². The molecule has 8 heteroatoms. The van der Waals surface area contributed by atoms with Gasteiger partial charge in [0.1, 0.15) is 13.2 Å². The van der Waals surface area contributed by atoms with Crippen LogP contribution >= 0.6 is 0 Å². The lowest BCUT2D eigenvalue weighted by Gasteiger charge is -2.27. The zero-order valence-electron chi connectivity index (χ0n) is 10.2. The Bertz CT molecular complexity index is 332. The van der Waals surface area contributed by atoms with E-state index >= 15 is 0 Å². The summed E-state index contributed by atoms with van der Waals surface area (Å²) in [6.45, 7) is -2.14. The lowest BCUT2D eigenvalue weighted by molar-refractivity contribution is -0.175. The van der Waals surface area contributed by atoms with Gasteiger partial charge >= 0.3 is 12.1 Å². The lowest BCUT2D eigenvalue weighted by Crippen LogP contribution is -2.41. The first-order valence-corrected chi connectivity index (χ1v) is 5.94. The van der Waals surface area contributed by atoms with E-state index < -0.39 is 37.2 Å².